The molecule has 0 unspecified atom stereocenters. The summed E-state index contributed by atoms with van der Waals surface area (Å²) in [5.41, 5.74) is 0.264. The van der Waals surface area contributed by atoms with Gasteiger partial charge in [-0.25, -0.2) is 4.79 Å². The average molecular weight is 593 g/mol. The maximum Gasteiger partial charge on any atom is 0.408 e. The number of nitrogens with one attached hydrogen (secondary N) is 2. The van der Waals surface area contributed by atoms with Crippen LogP contribution >= 0.6 is 34.8 Å². The van der Waals surface area contributed by atoms with Crippen LogP contribution in [0.5, 0.6) is 0 Å². The first-order valence-electron chi connectivity index (χ1n) is 12.5. The Kier molecular flexibility index (Phi) is 12.0. The van der Waals surface area contributed by atoms with Gasteiger partial charge in [-0.2, -0.15) is 0 Å². The normalized spacial score (nSPS) is 17.7. The molecule has 12 heteroatoms. The fraction of sp³-hybridized carbons (Fsp3) is 0.615. The van der Waals surface area contributed by atoms with Crippen LogP contribution in [-0.4, -0.2) is 70.0 Å². The predicted octanol–water partition coefficient (Wildman–Crippen LogP) is 4.17. The molecule has 0 bridgehead atoms. The smallest absolute Gasteiger partial charge is 0.408 e. The molecule has 2 rings (SSSR count). The molecule has 0 aromatic heterocycles. The molecule has 0 aliphatic carbocycles. The summed E-state index contributed by atoms with van der Waals surface area (Å²) in [6, 6.07) is 7.73. The van der Waals surface area contributed by atoms with E-state index < -0.39 is 45.4 Å². The van der Waals surface area contributed by atoms with Crippen molar-refractivity contribution >= 4 is 58.7 Å². The van der Waals surface area contributed by atoms with Crippen LogP contribution in [0.2, 0.25) is 0 Å². The molecule has 1 aliphatic heterocycles. The maximum atomic E-state index is 13.2. The molecule has 1 aliphatic rings. The average Bonchev–Trinajstić information content (AvgIpc) is 2.83. The van der Waals surface area contributed by atoms with Crippen LogP contribution < -0.4 is 10.6 Å². The number of hydrogen-bond donors (Lipinski definition) is 2. The van der Waals surface area contributed by atoms with Crippen LogP contribution in [0.3, 0.4) is 0 Å². The van der Waals surface area contributed by atoms with Crippen molar-refractivity contribution in [2.75, 3.05) is 19.7 Å². The number of halogens is 3. The van der Waals surface area contributed by atoms with E-state index in [1.165, 1.54) is 4.90 Å². The third-order valence-corrected chi connectivity index (χ3v) is 6.07. The number of alkyl halides is 3. The zero-order chi connectivity index (χ0) is 28.5. The van der Waals surface area contributed by atoms with Gasteiger partial charge in [0.05, 0.1) is 5.92 Å². The molecule has 1 heterocycles. The lowest BCUT2D eigenvalue weighted by atomic mass is 9.97. The summed E-state index contributed by atoms with van der Waals surface area (Å²) >= 11 is 16.9. The Balaban J connectivity index is 2.00. The Bertz CT molecular complexity index is 965. The van der Waals surface area contributed by atoms with Gasteiger partial charge in [0.2, 0.25) is 15.6 Å². The molecule has 1 fully saturated rings. The number of aryl methyl sites for hydroxylation is 1. The summed E-state index contributed by atoms with van der Waals surface area (Å²) < 4.78 is 8.67. The lowest BCUT2D eigenvalue weighted by molar-refractivity contribution is -0.152. The molecular weight excluding hydrogens is 557 g/mol. The molecule has 2 N–H and O–H groups in total. The van der Waals surface area contributed by atoms with Gasteiger partial charge >= 0.3 is 12.1 Å². The quantitative estimate of drug-likeness (QED) is 0.329. The molecular formula is C26H36Cl3N3O6. The van der Waals surface area contributed by atoms with E-state index in [2.05, 4.69) is 10.6 Å². The van der Waals surface area contributed by atoms with E-state index in [4.69, 9.17) is 44.3 Å². The zero-order valence-electron chi connectivity index (χ0n) is 22.1. The van der Waals surface area contributed by atoms with Gasteiger partial charge in [0.15, 0.2) is 0 Å². The summed E-state index contributed by atoms with van der Waals surface area (Å²) in [5, 5.41) is 5.33. The van der Waals surface area contributed by atoms with E-state index in [1.807, 2.05) is 30.3 Å². The first-order chi connectivity index (χ1) is 17.6. The molecule has 0 radical (unpaired) electrons. The minimum Gasteiger partial charge on any atom is -0.461 e. The SMILES string of the molecule is C[C@H](NC(=O)[C@H](CCc1ccccc1)NC(=O)OC(C)(C)C)C(=O)N1CCC[C@@H](C(=O)OCC(Cl)(Cl)Cl)C1. The van der Waals surface area contributed by atoms with Crippen LogP contribution in [0.4, 0.5) is 4.79 Å². The number of carbonyl (C=O) groups is 4. The Morgan fingerprint density at radius 3 is 2.34 bits per heavy atom. The van der Waals surface area contributed by atoms with Gasteiger partial charge in [0.25, 0.3) is 0 Å². The molecule has 212 valence electrons. The second kappa shape index (κ2) is 14.2. The molecule has 1 aromatic rings. The number of carbonyl (C=O) groups excluding carboxylic acids is 4. The second-order valence-electron chi connectivity index (χ2n) is 10.3. The van der Waals surface area contributed by atoms with E-state index >= 15 is 0 Å². The lowest BCUT2D eigenvalue weighted by Crippen LogP contribution is -2.55. The van der Waals surface area contributed by atoms with E-state index in [-0.39, 0.29) is 19.1 Å². The first kappa shape index (κ1) is 32.0. The minimum absolute atomic E-state index is 0.130. The monoisotopic (exact) mass is 591 g/mol. The molecule has 9 nitrogen and oxygen atoms in total. The number of nitrogens with zero attached hydrogens (tertiary/aromatic N) is 1. The number of benzene rings is 1. The van der Waals surface area contributed by atoms with Crippen molar-refractivity contribution in [3.63, 3.8) is 0 Å². The Morgan fingerprint density at radius 1 is 1.08 bits per heavy atom. The number of rotatable bonds is 9. The zero-order valence-corrected chi connectivity index (χ0v) is 24.4. The van der Waals surface area contributed by atoms with Crippen LogP contribution in [0, 0.1) is 5.92 Å². The van der Waals surface area contributed by atoms with Crippen LogP contribution in [0.15, 0.2) is 30.3 Å². The lowest BCUT2D eigenvalue weighted by Gasteiger charge is -2.34. The van der Waals surface area contributed by atoms with Crippen molar-refractivity contribution in [2.24, 2.45) is 5.92 Å². The van der Waals surface area contributed by atoms with Gasteiger partial charge in [0.1, 0.15) is 24.3 Å². The first-order valence-corrected chi connectivity index (χ1v) is 13.6. The highest BCUT2D eigenvalue weighted by molar-refractivity contribution is 6.67. The van der Waals surface area contributed by atoms with Gasteiger partial charge in [-0.1, -0.05) is 65.1 Å². The minimum atomic E-state index is -1.72. The van der Waals surface area contributed by atoms with Gasteiger partial charge in [-0.05, 0) is 58.9 Å². The molecule has 3 amide bonds. The highest BCUT2D eigenvalue weighted by Crippen LogP contribution is 2.27. The third-order valence-electron chi connectivity index (χ3n) is 5.75. The number of hydrogen-bond acceptors (Lipinski definition) is 6. The molecule has 0 spiro atoms. The van der Waals surface area contributed by atoms with E-state index in [0.29, 0.717) is 32.2 Å². The van der Waals surface area contributed by atoms with Crippen molar-refractivity contribution in [3.05, 3.63) is 35.9 Å². The van der Waals surface area contributed by atoms with Gasteiger partial charge < -0.3 is 25.0 Å². The van der Waals surface area contributed by atoms with Crippen molar-refractivity contribution in [1.82, 2.24) is 15.5 Å². The van der Waals surface area contributed by atoms with Crippen molar-refractivity contribution in [1.29, 1.82) is 0 Å². The predicted molar refractivity (Wildman–Crippen MR) is 146 cm³/mol. The summed E-state index contributed by atoms with van der Waals surface area (Å²) in [6.45, 7) is 6.92. The molecule has 0 saturated carbocycles. The highest BCUT2D eigenvalue weighted by Gasteiger charge is 2.34. The van der Waals surface area contributed by atoms with E-state index in [1.54, 1.807) is 27.7 Å². The second-order valence-corrected chi connectivity index (χ2v) is 12.8. The maximum absolute atomic E-state index is 13.2. The van der Waals surface area contributed by atoms with Gasteiger partial charge in [-0.3, -0.25) is 14.4 Å². The number of piperidine rings is 1. The van der Waals surface area contributed by atoms with Gasteiger partial charge in [-0.15, -0.1) is 0 Å². The molecule has 1 aromatic carbocycles. The third kappa shape index (κ3) is 11.7. The Hall–Kier alpha value is -2.23. The van der Waals surface area contributed by atoms with E-state index in [0.717, 1.165) is 5.56 Å². The number of esters is 1. The Morgan fingerprint density at radius 2 is 1.74 bits per heavy atom. The van der Waals surface area contributed by atoms with Crippen LogP contribution in [0.25, 0.3) is 0 Å². The van der Waals surface area contributed by atoms with Crippen LogP contribution in [0.1, 0.15) is 52.5 Å². The van der Waals surface area contributed by atoms with Crippen molar-refractivity contribution in [2.45, 2.75) is 74.9 Å². The number of ether oxygens (including phenoxy) is 2. The topological polar surface area (TPSA) is 114 Å². The van der Waals surface area contributed by atoms with E-state index in [9.17, 15) is 19.2 Å². The molecule has 38 heavy (non-hydrogen) atoms. The number of alkyl carbamates (subject to hydrolysis) is 1. The fourth-order valence-corrected chi connectivity index (χ4v) is 4.13. The van der Waals surface area contributed by atoms with Gasteiger partial charge in [0, 0.05) is 13.1 Å². The summed E-state index contributed by atoms with van der Waals surface area (Å²) in [5.74, 6) is -1.97. The Labute approximate surface area is 238 Å². The standard InChI is InChI=1S/C26H36Cl3N3O6/c1-17(22(34)32-14-8-11-19(15-32)23(35)37-16-26(27,28)29)30-21(33)20(31-24(36)38-25(2,3)4)13-12-18-9-6-5-7-10-18/h5-7,9-10,17,19-20H,8,11-16H2,1-4H3,(H,30,33)(H,31,36)/t17-,19+,20-/m0/s1. The summed E-state index contributed by atoms with van der Waals surface area (Å²) in [7, 11) is 0. The largest absolute Gasteiger partial charge is 0.461 e. The number of likely N-dealkylation sites (tertiary alicyclic amines) is 1. The molecule has 3 atom stereocenters. The molecule has 1 saturated heterocycles. The summed E-state index contributed by atoms with van der Waals surface area (Å²) in [4.78, 5) is 52.6. The van der Waals surface area contributed by atoms with Crippen LogP contribution in [-0.2, 0) is 30.3 Å². The van der Waals surface area contributed by atoms with Crippen molar-refractivity contribution < 1.29 is 28.7 Å². The number of amides is 3. The highest BCUT2D eigenvalue weighted by atomic mass is 35.6. The summed E-state index contributed by atoms with van der Waals surface area (Å²) in [6.07, 6.45) is 1.22. The van der Waals surface area contributed by atoms with Crippen molar-refractivity contribution in [3.8, 4) is 0 Å². The fourth-order valence-electron chi connectivity index (χ4n) is 3.96.